The molecule has 0 unspecified atom stereocenters. The molecule has 16 heavy (non-hydrogen) atoms. The number of nitrogens with two attached hydrogens (primary N) is 1. The van der Waals surface area contributed by atoms with Crippen LogP contribution in [-0.4, -0.2) is 23.5 Å². The second-order valence-corrected chi connectivity index (χ2v) is 5.21. The highest BCUT2D eigenvalue weighted by molar-refractivity contribution is 5.24. The smallest absolute Gasteiger partial charge is 0.127 e. The van der Waals surface area contributed by atoms with Gasteiger partial charge in [0.15, 0.2) is 0 Å². The number of hydrogen-bond acceptors (Lipinski definition) is 2. The van der Waals surface area contributed by atoms with Crippen molar-refractivity contribution in [2.45, 2.75) is 32.4 Å². The van der Waals surface area contributed by atoms with Crippen LogP contribution in [0.1, 0.15) is 24.5 Å². The van der Waals surface area contributed by atoms with Gasteiger partial charge in [0.05, 0.1) is 0 Å². The van der Waals surface area contributed by atoms with Gasteiger partial charge in [-0.1, -0.05) is 17.7 Å². The summed E-state index contributed by atoms with van der Waals surface area (Å²) >= 11 is 0. The maximum absolute atomic E-state index is 13.6. The quantitative estimate of drug-likeness (QED) is 0.830. The summed E-state index contributed by atoms with van der Waals surface area (Å²) in [7, 11) is 0. The van der Waals surface area contributed by atoms with E-state index in [-0.39, 0.29) is 11.4 Å². The number of likely N-dealkylation sites (tertiary alicyclic amines) is 1. The highest BCUT2D eigenvalue weighted by Gasteiger charge is 2.29. The highest BCUT2D eigenvalue weighted by atomic mass is 19.1. The van der Waals surface area contributed by atoms with Gasteiger partial charge in [0.2, 0.25) is 0 Å². The van der Waals surface area contributed by atoms with Gasteiger partial charge in [0, 0.05) is 30.7 Å². The largest absolute Gasteiger partial charge is 0.324 e. The van der Waals surface area contributed by atoms with Gasteiger partial charge in [0.25, 0.3) is 0 Å². The second kappa shape index (κ2) is 4.15. The topological polar surface area (TPSA) is 29.3 Å². The Balaban J connectivity index is 2.07. The zero-order valence-electron chi connectivity index (χ0n) is 9.96. The van der Waals surface area contributed by atoms with Crippen LogP contribution in [0, 0.1) is 12.7 Å². The normalized spacial score (nSPS) is 26.2. The lowest BCUT2D eigenvalue weighted by molar-refractivity contribution is 0.305. The average Bonchev–Trinajstić information content (AvgIpc) is 2.52. The molecule has 0 saturated carbocycles. The molecule has 0 aromatic heterocycles. The number of benzene rings is 1. The Bertz CT molecular complexity index is 388. The number of nitrogens with zero attached hydrogens (tertiary/aromatic N) is 1. The van der Waals surface area contributed by atoms with Crippen LogP contribution in [-0.2, 0) is 6.54 Å². The van der Waals surface area contributed by atoms with Gasteiger partial charge in [-0.15, -0.1) is 0 Å². The Morgan fingerprint density at radius 1 is 1.50 bits per heavy atom. The summed E-state index contributed by atoms with van der Waals surface area (Å²) in [5.41, 5.74) is 7.82. The van der Waals surface area contributed by atoms with Crippen LogP contribution in [0.2, 0.25) is 0 Å². The number of halogens is 1. The van der Waals surface area contributed by atoms with Crippen molar-refractivity contribution in [1.29, 1.82) is 0 Å². The van der Waals surface area contributed by atoms with Gasteiger partial charge in [-0.25, -0.2) is 4.39 Å². The first-order valence-corrected chi connectivity index (χ1v) is 5.73. The van der Waals surface area contributed by atoms with Crippen molar-refractivity contribution in [2.75, 3.05) is 13.1 Å². The SMILES string of the molecule is Cc1ccc(F)c(CN2CC[C@](C)(N)C2)c1. The lowest BCUT2D eigenvalue weighted by Gasteiger charge is -2.20. The highest BCUT2D eigenvalue weighted by Crippen LogP contribution is 2.21. The summed E-state index contributed by atoms with van der Waals surface area (Å²) < 4.78 is 13.6. The van der Waals surface area contributed by atoms with Crippen molar-refractivity contribution in [1.82, 2.24) is 4.90 Å². The molecule has 0 amide bonds. The fourth-order valence-electron chi connectivity index (χ4n) is 2.28. The van der Waals surface area contributed by atoms with E-state index in [0.29, 0.717) is 6.54 Å². The molecule has 0 aliphatic carbocycles. The van der Waals surface area contributed by atoms with E-state index >= 15 is 0 Å². The number of hydrogen-bond donors (Lipinski definition) is 1. The van der Waals surface area contributed by atoms with Crippen LogP contribution in [0.3, 0.4) is 0 Å². The maximum atomic E-state index is 13.6. The molecule has 1 atom stereocenters. The van der Waals surface area contributed by atoms with Crippen molar-refractivity contribution >= 4 is 0 Å². The van der Waals surface area contributed by atoms with Gasteiger partial charge in [-0.2, -0.15) is 0 Å². The lowest BCUT2D eigenvalue weighted by atomic mass is 10.0. The molecule has 1 aromatic rings. The molecule has 88 valence electrons. The Kier molecular flexibility index (Phi) is 3.00. The first kappa shape index (κ1) is 11.6. The Hall–Kier alpha value is -0.930. The third-order valence-electron chi connectivity index (χ3n) is 3.18. The van der Waals surface area contributed by atoms with Crippen LogP contribution in [0.4, 0.5) is 4.39 Å². The molecular formula is C13H19FN2. The van der Waals surface area contributed by atoms with Gasteiger partial charge >= 0.3 is 0 Å². The number of rotatable bonds is 2. The van der Waals surface area contributed by atoms with Crippen molar-refractivity contribution in [3.05, 3.63) is 35.1 Å². The van der Waals surface area contributed by atoms with Crippen LogP contribution in [0.25, 0.3) is 0 Å². The fourth-order valence-corrected chi connectivity index (χ4v) is 2.28. The molecule has 1 aliphatic rings. The van der Waals surface area contributed by atoms with Crippen LogP contribution >= 0.6 is 0 Å². The van der Waals surface area contributed by atoms with E-state index in [4.69, 9.17) is 5.73 Å². The van der Waals surface area contributed by atoms with Crippen LogP contribution < -0.4 is 5.73 Å². The first-order chi connectivity index (χ1) is 7.46. The van der Waals surface area contributed by atoms with E-state index in [2.05, 4.69) is 11.8 Å². The predicted octanol–water partition coefficient (Wildman–Crippen LogP) is 2.06. The minimum Gasteiger partial charge on any atom is -0.324 e. The first-order valence-electron chi connectivity index (χ1n) is 5.73. The molecule has 0 spiro atoms. The van der Waals surface area contributed by atoms with E-state index in [1.807, 2.05) is 13.0 Å². The van der Waals surface area contributed by atoms with Crippen molar-refractivity contribution in [3.8, 4) is 0 Å². The Labute approximate surface area is 96.2 Å². The van der Waals surface area contributed by atoms with Crippen molar-refractivity contribution < 1.29 is 4.39 Å². The molecule has 1 aliphatic heterocycles. The van der Waals surface area contributed by atoms with E-state index in [0.717, 1.165) is 30.6 Å². The summed E-state index contributed by atoms with van der Waals surface area (Å²) in [5, 5.41) is 0. The van der Waals surface area contributed by atoms with Gasteiger partial charge in [0.1, 0.15) is 5.82 Å². The standard InChI is InChI=1S/C13H19FN2/c1-10-3-4-12(14)11(7-10)8-16-6-5-13(2,15)9-16/h3-4,7H,5-6,8-9,15H2,1-2H3/t13-/m0/s1. The average molecular weight is 222 g/mol. The van der Waals surface area contributed by atoms with Gasteiger partial charge < -0.3 is 5.73 Å². The third kappa shape index (κ3) is 2.60. The zero-order valence-corrected chi connectivity index (χ0v) is 9.96. The molecule has 2 rings (SSSR count). The fraction of sp³-hybridized carbons (Fsp3) is 0.538. The van der Waals surface area contributed by atoms with Crippen molar-refractivity contribution in [2.24, 2.45) is 5.73 Å². The molecule has 1 aromatic carbocycles. The van der Waals surface area contributed by atoms with Gasteiger partial charge in [-0.05, 0) is 26.3 Å². The predicted molar refractivity (Wildman–Crippen MR) is 63.6 cm³/mol. The van der Waals surface area contributed by atoms with E-state index < -0.39 is 0 Å². The summed E-state index contributed by atoms with van der Waals surface area (Å²) in [4.78, 5) is 2.22. The summed E-state index contributed by atoms with van der Waals surface area (Å²) in [5.74, 6) is -0.115. The van der Waals surface area contributed by atoms with Crippen molar-refractivity contribution in [3.63, 3.8) is 0 Å². The lowest BCUT2D eigenvalue weighted by Crippen LogP contribution is -2.39. The minimum atomic E-state index is -0.115. The van der Waals surface area contributed by atoms with Crippen LogP contribution in [0.15, 0.2) is 18.2 Å². The monoisotopic (exact) mass is 222 g/mol. The van der Waals surface area contributed by atoms with E-state index in [1.165, 1.54) is 0 Å². The van der Waals surface area contributed by atoms with Gasteiger partial charge in [-0.3, -0.25) is 4.90 Å². The zero-order chi connectivity index (χ0) is 11.8. The Morgan fingerprint density at radius 2 is 2.25 bits per heavy atom. The van der Waals surface area contributed by atoms with Crippen LogP contribution in [0.5, 0.6) is 0 Å². The molecule has 2 nitrogen and oxygen atoms in total. The summed E-state index contributed by atoms with van der Waals surface area (Å²) in [6.07, 6.45) is 0.987. The molecule has 2 N–H and O–H groups in total. The molecule has 0 radical (unpaired) electrons. The van der Waals surface area contributed by atoms with E-state index in [9.17, 15) is 4.39 Å². The maximum Gasteiger partial charge on any atom is 0.127 e. The third-order valence-corrected chi connectivity index (χ3v) is 3.18. The summed E-state index contributed by atoms with van der Waals surface area (Å²) in [6, 6.07) is 5.26. The molecule has 0 bridgehead atoms. The molecule has 1 saturated heterocycles. The summed E-state index contributed by atoms with van der Waals surface area (Å²) in [6.45, 7) is 6.51. The minimum absolute atomic E-state index is 0.111. The molecule has 1 heterocycles. The molecule has 3 heteroatoms. The van der Waals surface area contributed by atoms with E-state index in [1.54, 1.807) is 12.1 Å². The molecular weight excluding hydrogens is 203 g/mol. The molecule has 1 fully saturated rings. The second-order valence-electron chi connectivity index (χ2n) is 5.21. The Morgan fingerprint density at radius 3 is 2.88 bits per heavy atom. The number of aryl methyl sites for hydroxylation is 1.